The zero-order chi connectivity index (χ0) is 8.32. The summed E-state index contributed by atoms with van der Waals surface area (Å²) in [6.07, 6.45) is 0. The smallest absolute Gasteiger partial charge is 0.160 e. The van der Waals surface area contributed by atoms with Gasteiger partial charge >= 0.3 is 5.51 Å². The lowest BCUT2D eigenvalue weighted by Crippen LogP contribution is -1.98. The normalized spacial score (nSPS) is 10.6. The van der Waals surface area contributed by atoms with Crippen LogP contribution < -0.4 is 0 Å². The van der Waals surface area contributed by atoms with Gasteiger partial charge in [0.1, 0.15) is 0 Å². The molecule has 0 heterocycles. The van der Waals surface area contributed by atoms with Crippen LogP contribution in [0.15, 0.2) is 35.2 Å². The van der Waals surface area contributed by atoms with Crippen LogP contribution in [0.4, 0.5) is 13.2 Å². The summed E-state index contributed by atoms with van der Waals surface area (Å²) in [6.45, 7) is 0. The van der Waals surface area contributed by atoms with E-state index < -0.39 is 5.51 Å². The molecule has 0 saturated carbocycles. The summed E-state index contributed by atoms with van der Waals surface area (Å²) in [5.74, 6) is 0. The molecule has 0 amide bonds. The molecule has 1 aromatic carbocycles. The van der Waals surface area contributed by atoms with Crippen molar-refractivity contribution in [1.29, 1.82) is 0 Å². The molecule has 0 N–H and O–H groups in total. The zero-order valence-electron chi connectivity index (χ0n) is 6.01. The Labute approximate surface area is 74.7 Å². The second kappa shape index (κ2) is 4.45. The summed E-state index contributed by atoms with van der Waals surface area (Å²) < 4.78 is 35.1. The van der Waals surface area contributed by atoms with Crippen molar-refractivity contribution < 1.29 is 13.2 Å². The molecular weight excluding hydrogens is 184 g/mol. The second-order valence-electron chi connectivity index (χ2n) is 1.86. The summed E-state index contributed by atoms with van der Waals surface area (Å²) >= 11 is -0.0993. The minimum Gasteiger partial charge on any atom is -0.160 e. The molecule has 0 bridgehead atoms. The molecule has 63 valence electrons. The molecule has 0 aliphatic heterocycles. The molecule has 0 saturated heterocycles. The van der Waals surface area contributed by atoms with E-state index in [9.17, 15) is 13.2 Å². The van der Waals surface area contributed by atoms with Gasteiger partial charge in [0.2, 0.25) is 0 Å². The lowest BCUT2D eigenvalue weighted by atomic mass is 10.4. The van der Waals surface area contributed by atoms with Crippen LogP contribution in [0.3, 0.4) is 0 Å². The fraction of sp³-hybridized carbons (Fsp3) is 0.143. The van der Waals surface area contributed by atoms with Crippen LogP contribution >= 0.6 is 11.8 Å². The van der Waals surface area contributed by atoms with Gasteiger partial charge in [-0.05, 0) is 23.9 Å². The number of benzene rings is 1. The van der Waals surface area contributed by atoms with Gasteiger partial charge < -0.3 is 0 Å². The quantitative estimate of drug-likeness (QED) is 0.483. The first kappa shape index (κ1) is 11.4. The van der Waals surface area contributed by atoms with Crippen molar-refractivity contribution in [2.45, 2.75) is 10.4 Å². The van der Waals surface area contributed by atoms with Crippen molar-refractivity contribution in [2.75, 3.05) is 0 Å². The minimum atomic E-state index is -4.18. The third-order valence-corrected chi connectivity index (χ3v) is 1.72. The maximum Gasteiger partial charge on any atom is 0.446 e. The topological polar surface area (TPSA) is 0 Å². The monoisotopic (exact) mass is 189 g/mol. The number of rotatable bonds is 1. The van der Waals surface area contributed by atoms with Gasteiger partial charge in [-0.25, -0.2) is 0 Å². The zero-order valence-corrected chi connectivity index (χ0v) is 6.82. The highest BCUT2D eigenvalue weighted by atomic mass is 32.2. The summed E-state index contributed by atoms with van der Waals surface area (Å²) in [7, 11) is 0. The molecule has 0 aliphatic rings. The molecule has 1 aromatic rings. The highest BCUT2D eigenvalue weighted by Gasteiger charge is 2.28. The molecule has 0 unspecified atom stereocenters. The standard InChI is InChI=1S/C7H5F3S.B/c8-7(9,10)11-6-4-2-1-3-5-6;/h1-5H;. The number of hydrogen-bond donors (Lipinski definition) is 0. The van der Waals surface area contributed by atoms with Crippen molar-refractivity contribution in [3.8, 4) is 0 Å². The molecule has 12 heavy (non-hydrogen) atoms. The fourth-order valence-corrected chi connectivity index (χ4v) is 1.18. The van der Waals surface area contributed by atoms with E-state index in [1.165, 1.54) is 12.1 Å². The van der Waals surface area contributed by atoms with Crippen molar-refractivity contribution in [1.82, 2.24) is 0 Å². The van der Waals surface area contributed by atoms with E-state index in [2.05, 4.69) is 0 Å². The van der Waals surface area contributed by atoms with Gasteiger partial charge in [0, 0.05) is 13.3 Å². The van der Waals surface area contributed by atoms with Crippen LogP contribution in [-0.4, -0.2) is 13.9 Å². The van der Waals surface area contributed by atoms with Crippen LogP contribution in [0.5, 0.6) is 0 Å². The predicted octanol–water partition coefficient (Wildman–Crippen LogP) is 2.92. The Hall–Kier alpha value is -0.575. The van der Waals surface area contributed by atoms with Crippen LogP contribution in [-0.2, 0) is 0 Å². The lowest BCUT2D eigenvalue weighted by Gasteiger charge is -2.03. The van der Waals surface area contributed by atoms with Gasteiger partial charge in [0.15, 0.2) is 0 Å². The van der Waals surface area contributed by atoms with E-state index in [1.54, 1.807) is 18.2 Å². The van der Waals surface area contributed by atoms with E-state index in [-0.39, 0.29) is 25.1 Å². The molecule has 1 rings (SSSR count). The average molecular weight is 189 g/mol. The Bertz CT molecular complexity index is 222. The van der Waals surface area contributed by atoms with Gasteiger partial charge in [-0.15, -0.1) is 0 Å². The fourth-order valence-electron chi connectivity index (χ4n) is 0.622. The highest BCUT2D eigenvalue weighted by molar-refractivity contribution is 8.00. The number of alkyl halides is 3. The third kappa shape index (κ3) is 4.33. The van der Waals surface area contributed by atoms with Gasteiger partial charge in [0.05, 0.1) is 0 Å². The Morgan fingerprint density at radius 1 is 1.00 bits per heavy atom. The average Bonchev–Trinajstić information content (AvgIpc) is 1.85. The van der Waals surface area contributed by atoms with Crippen LogP contribution in [0, 0.1) is 0 Å². The Morgan fingerprint density at radius 2 is 1.50 bits per heavy atom. The van der Waals surface area contributed by atoms with Crippen LogP contribution in [0.25, 0.3) is 0 Å². The Morgan fingerprint density at radius 3 is 1.92 bits per heavy atom. The number of halogens is 3. The van der Waals surface area contributed by atoms with Crippen LogP contribution in [0.2, 0.25) is 0 Å². The number of thioether (sulfide) groups is 1. The van der Waals surface area contributed by atoms with E-state index >= 15 is 0 Å². The maximum atomic E-state index is 11.7. The summed E-state index contributed by atoms with van der Waals surface area (Å²) in [5, 5.41) is 0. The molecule has 0 nitrogen and oxygen atoms in total. The molecule has 5 heteroatoms. The number of hydrogen-bond acceptors (Lipinski definition) is 1. The SMILES string of the molecule is FC(F)(F)Sc1ccccc1.[B]. The predicted molar refractivity (Wildman–Crippen MR) is 44.1 cm³/mol. The molecular formula is C7H5BF3S. The second-order valence-corrected chi connectivity index (χ2v) is 3.00. The lowest BCUT2D eigenvalue weighted by molar-refractivity contribution is -0.0328. The van der Waals surface area contributed by atoms with Gasteiger partial charge in [-0.3, -0.25) is 0 Å². The third-order valence-electron chi connectivity index (χ3n) is 0.977. The first-order valence-corrected chi connectivity index (χ1v) is 3.70. The summed E-state index contributed by atoms with van der Waals surface area (Å²) in [4.78, 5) is 0.222. The van der Waals surface area contributed by atoms with Crippen LogP contribution in [0.1, 0.15) is 0 Å². The first-order valence-electron chi connectivity index (χ1n) is 2.89. The van der Waals surface area contributed by atoms with Crippen molar-refractivity contribution in [3.63, 3.8) is 0 Å². The molecule has 0 aliphatic carbocycles. The first-order chi connectivity index (χ1) is 5.08. The van der Waals surface area contributed by atoms with Gasteiger partial charge in [-0.2, -0.15) is 13.2 Å². The minimum absolute atomic E-state index is 0. The van der Waals surface area contributed by atoms with Crippen molar-refractivity contribution in [2.24, 2.45) is 0 Å². The summed E-state index contributed by atoms with van der Waals surface area (Å²) in [6, 6.07) is 7.69. The molecule has 0 spiro atoms. The largest absolute Gasteiger partial charge is 0.446 e. The Kier molecular flexibility index (Phi) is 4.24. The summed E-state index contributed by atoms with van der Waals surface area (Å²) in [5.41, 5.74) is -4.18. The molecule has 0 fully saturated rings. The molecule has 3 radical (unpaired) electrons. The van der Waals surface area contributed by atoms with Gasteiger partial charge in [0.25, 0.3) is 0 Å². The highest BCUT2D eigenvalue weighted by Crippen LogP contribution is 2.36. The van der Waals surface area contributed by atoms with E-state index in [0.29, 0.717) is 0 Å². The van der Waals surface area contributed by atoms with Crippen molar-refractivity contribution >= 4 is 20.2 Å². The Balaban J connectivity index is 0.00000121. The molecule has 0 atom stereocenters. The maximum absolute atomic E-state index is 11.7. The van der Waals surface area contributed by atoms with Crippen molar-refractivity contribution in [3.05, 3.63) is 30.3 Å². The van der Waals surface area contributed by atoms with Gasteiger partial charge in [-0.1, -0.05) is 18.2 Å². The van der Waals surface area contributed by atoms with E-state index in [4.69, 9.17) is 0 Å². The van der Waals surface area contributed by atoms with E-state index in [1.807, 2.05) is 0 Å². The van der Waals surface area contributed by atoms with E-state index in [0.717, 1.165) is 0 Å². The molecule has 0 aromatic heterocycles.